The summed E-state index contributed by atoms with van der Waals surface area (Å²) < 4.78 is 0. The number of fused-ring (bicyclic) bond motifs is 1. The van der Waals surface area contributed by atoms with Crippen molar-refractivity contribution in [3.63, 3.8) is 0 Å². The van der Waals surface area contributed by atoms with Crippen LogP contribution in [0.4, 0.5) is 0 Å². The minimum Gasteiger partial charge on any atom is -0.326 e. The number of amides is 1. The second kappa shape index (κ2) is 4.67. The molecule has 90 valence electrons. The molecule has 2 N–H and O–H groups in total. The Kier molecular flexibility index (Phi) is 3.24. The number of hydrogen-bond acceptors (Lipinski definition) is 3. The highest BCUT2D eigenvalue weighted by Gasteiger charge is 2.31. The summed E-state index contributed by atoms with van der Waals surface area (Å²) in [5, 5.41) is 0. The van der Waals surface area contributed by atoms with Gasteiger partial charge in [0.1, 0.15) is 6.29 Å². The van der Waals surface area contributed by atoms with Gasteiger partial charge in [0.25, 0.3) is 5.91 Å². The highest BCUT2D eigenvalue weighted by Crippen LogP contribution is 2.25. The number of nitrogens with zero attached hydrogens (tertiary/aromatic N) is 1. The molecule has 0 fully saturated rings. The molecular weight excluding hydrogens is 216 g/mol. The molecule has 1 heterocycles. The Morgan fingerprint density at radius 2 is 2.29 bits per heavy atom. The second-order valence-electron chi connectivity index (χ2n) is 4.24. The lowest BCUT2D eigenvalue weighted by Crippen LogP contribution is -2.36. The Labute approximate surface area is 100 Å². The molecule has 1 atom stereocenters. The zero-order valence-electron chi connectivity index (χ0n) is 9.85. The number of benzene rings is 1. The molecule has 1 amide bonds. The van der Waals surface area contributed by atoms with Crippen molar-refractivity contribution < 1.29 is 9.59 Å². The lowest BCUT2D eigenvalue weighted by molar-refractivity contribution is -0.111. The van der Waals surface area contributed by atoms with Crippen molar-refractivity contribution >= 4 is 12.2 Å². The second-order valence-corrected chi connectivity index (χ2v) is 4.24. The molecule has 0 aliphatic carbocycles. The third-order valence-electron chi connectivity index (χ3n) is 3.21. The van der Waals surface area contributed by atoms with Crippen molar-refractivity contribution in [2.45, 2.75) is 32.5 Å². The Morgan fingerprint density at radius 1 is 1.53 bits per heavy atom. The number of carbonyl (C=O) groups is 2. The van der Waals surface area contributed by atoms with E-state index in [1.54, 1.807) is 11.0 Å². The van der Waals surface area contributed by atoms with Crippen LogP contribution in [0.1, 0.15) is 34.8 Å². The summed E-state index contributed by atoms with van der Waals surface area (Å²) in [6, 6.07) is 5.29. The van der Waals surface area contributed by atoms with Gasteiger partial charge >= 0.3 is 0 Å². The third-order valence-corrected chi connectivity index (χ3v) is 3.21. The van der Waals surface area contributed by atoms with E-state index in [0.717, 1.165) is 17.4 Å². The van der Waals surface area contributed by atoms with Crippen LogP contribution in [0, 0.1) is 0 Å². The van der Waals surface area contributed by atoms with E-state index < -0.39 is 0 Å². The summed E-state index contributed by atoms with van der Waals surface area (Å²) in [5.41, 5.74) is 8.25. The molecular formula is C13H16N2O2. The zero-order valence-corrected chi connectivity index (χ0v) is 9.85. The van der Waals surface area contributed by atoms with Gasteiger partial charge in [-0.25, -0.2) is 0 Å². The Bertz CT molecular complexity index is 457. The number of hydrogen-bond donors (Lipinski definition) is 1. The minimum atomic E-state index is -0.323. The molecule has 2 rings (SSSR count). The van der Waals surface area contributed by atoms with Crippen molar-refractivity contribution in [2.75, 3.05) is 0 Å². The molecule has 0 bridgehead atoms. The van der Waals surface area contributed by atoms with Crippen LogP contribution < -0.4 is 5.73 Å². The van der Waals surface area contributed by atoms with Crippen molar-refractivity contribution in [1.82, 2.24) is 4.90 Å². The van der Waals surface area contributed by atoms with Crippen LogP contribution in [0.15, 0.2) is 18.2 Å². The van der Waals surface area contributed by atoms with Crippen LogP contribution in [0.5, 0.6) is 0 Å². The van der Waals surface area contributed by atoms with Gasteiger partial charge in [-0.05, 0) is 23.6 Å². The van der Waals surface area contributed by atoms with Gasteiger partial charge in [0.15, 0.2) is 0 Å². The van der Waals surface area contributed by atoms with Gasteiger partial charge in [-0.2, -0.15) is 0 Å². The molecule has 17 heavy (non-hydrogen) atoms. The van der Waals surface area contributed by atoms with Gasteiger partial charge in [-0.1, -0.05) is 19.1 Å². The summed E-state index contributed by atoms with van der Waals surface area (Å²) >= 11 is 0. The van der Waals surface area contributed by atoms with E-state index in [-0.39, 0.29) is 11.9 Å². The van der Waals surface area contributed by atoms with E-state index in [2.05, 4.69) is 0 Å². The lowest BCUT2D eigenvalue weighted by Gasteiger charge is -2.21. The topological polar surface area (TPSA) is 63.4 Å². The monoisotopic (exact) mass is 232 g/mol. The number of rotatable bonds is 4. The molecule has 1 unspecified atom stereocenters. The first-order chi connectivity index (χ1) is 8.21. The van der Waals surface area contributed by atoms with E-state index in [9.17, 15) is 9.59 Å². The van der Waals surface area contributed by atoms with Gasteiger partial charge < -0.3 is 15.4 Å². The first kappa shape index (κ1) is 11.8. The van der Waals surface area contributed by atoms with E-state index in [1.165, 1.54) is 0 Å². The third kappa shape index (κ3) is 1.96. The predicted molar refractivity (Wildman–Crippen MR) is 64.3 cm³/mol. The van der Waals surface area contributed by atoms with Crippen LogP contribution in [0.2, 0.25) is 0 Å². The van der Waals surface area contributed by atoms with Gasteiger partial charge in [0, 0.05) is 18.7 Å². The molecule has 0 aromatic heterocycles. The standard InChI is InChI=1S/C13H16N2O2/c1-2-11(8-16)15-7-10-5-9(6-14)3-4-12(10)13(15)17/h3-5,8,11H,2,6-7,14H2,1H3. The molecule has 1 aromatic carbocycles. The van der Waals surface area contributed by atoms with Crippen molar-refractivity contribution in [2.24, 2.45) is 5.73 Å². The van der Waals surface area contributed by atoms with Crippen LogP contribution in [0.3, 0.4) is 0 Å². The molecule has 0 saturated heterocycles. The lowest BCUT2D eigenvalue weighted by atomic mass is 10.1. The summed E-state index contributed by atoms with van der Waals surface area (Å²) in [7, 11) is 0. The maximum atomic E-state index is 12.1. The summed E-state index contributed by atoms with van der Waals surface area (Å²) in [6.45, 7) is 2.88. The van der Waals surface area contributed by atoms with Gasteiger partial charge in [0.05, 0.1) is 6.04 Å². The van der Waals surface area contributed by atoms with E-state index >= 15 is 0 Å². The van der Waals surface area contributed by atoms with Crippen LogP contribution in [0.25, 0.3) is 0 Å². The molecule has 0 radical (unpaired) electrons. The fourth-order valence-corrected chi connectivity index (χ4v) is 2.18. The SMILES string of the molecule is CCC(C=O)N1Cc2cc(CN)ccc2C1=O. The molecule has 1 aliphatic rings. The number of carbonyl (C=O) groups excluding carboxylic acids is 2. The summed E-state index contributed by atoms with van der Waals surface area (Å²) in [5.74, 6) is -0.0532. The molecule has 4 nitrogen and oxygen atoms in total. The highest BCUT2D eigenvalue weighted by molar-refractivity contribution is 5.99. The first-order valence-corrected chi connectivity index (χ1v) is 5.79. The van der Waals surface area contributed by atoms with Crippen molar-refractivity contribution in [3.05, 3.63) is 34.9 Å². The van der Waals surface area contributed by atoms with Crippen LogP contribution >= 0.6 is 0 Å². The maximum Gasteiger partial charge on any atom is 0.255 e. The van der Waals surface area contributed by atoms with Crippen molar-refractivity contribution in [3.8, 4) is 0 Å². The maximum absolute atomic E-state index is 12.1. The quantitative estimate of drug-likeness (QED) is 0.790. The van der Waals surface area contributed by atoms with Crippen LogP contribution in [-0.4, -0.2) is 23.1 Å². The molecule has 0 spiro atoms. The number of aldehydes is 1. The largest absolute Gasteiger partial charge is 0.326 e. The fourth-order valence-electron chi connectivity index (χ4n) is 2.18. The van der Waals surface area contributed by atoms with E-state index in [1.807, 2.05) is 19.1 Å². The zero-order chi connectivity index (χ0) is 12.4. The fraction of sp³-hybridized carbons (Fsp3) is 0.385. The average molecular weight is 232 g/mol. The minimum absolute atomic E-state index is 0.0532. The Hall–Kier alpha value is -1.68. The molecule has 1 aliphatic heterocycles. The predicted octanol–water partition coefficient (Wildman–Crippen LogP) is 1.08. The van der Waals surface area contributed by atoms with Gasteiger partial charge in [-0.15, -0.1) is 0 Å². The smallest absolute Gasteiger partial charge is 0.255 e. The van der Waals surface area contributed by atoms with E-state index in [4.69, 9.17) is 5.73 Å². The first-order valence-electron chi connectivity index (χ1n) is 5.79. The molecule has 0 saturated carbocycles. The van der Waals surface area contributed by atoms with Gasteiger partial charge in [0.2, 0.25) is 0 Å². The number of nitrogens with two attached hydrogens (primary N) is 1. The average Bonchev–Trinajstić information content (AvgIpc) is 2.68. The Balaban J connectivity index is 2.31. The van der Waals surface area contributed by atoms with E-state index in [0.29, 0.717) is 25.1 Å². The molecule has 1 aromatic rings. The Morgan fingerprint density at radius 3 is 2.88 bits per heavy atom. The summed E-state index contributed by atoms with van der Waals surface area (Å²) in [4.78, 5) is 24.6. The van der Waals surface area contributed by atoms with Crippen LogP contribution in [-0.2, 0) is 17.9 Å². The highest BCUT2D eigenvalue weighted by atomic mass is 16.2. The van der Waals surface area contributed by atoms with Gasteiger partial charge in [-0.3, -0.25) is 4.79 Å². The normalized spacial score (nSPS) is 15.9. The molecule has 4 heteroatoms. The summed E-state index contributed by atoms with van der Waals surface area (Å²) in [6.07, 6.45) is 1.49. The van der Waals surface area contributed by atoms with Crippen molar-refractivity contribution in [1.29, 1.82) is 0 Å².